The zero-order valence-electron chi connectivity index (χ0n) is 19.8. The number of likely N-dealkylation sites (tertiary alicyclic amines) is 1. The van der Waals surface area contributed by atoms with Crippen LogP contribution in [-0.4, -0.2) is 65.6 Å². The van der Waals surface area contributed by atoms with Crippen LogP contribution in [0.2, 0.25) is 0 Å². The minimum Gasteiger partial charge on any atom is -0.386 e. The molecule has 190 valence electrons. The minimum absolute atomic E-state index is 0.105. The second-order valence-corrected chi connectivity index (χ2v) is 9.97. The summed E-state index contributed by atoms with van der Waals surface area (Å²) in [5.41, 5.74) is -1.09. The summed E-state index contributed by atoms with van der Waals surface area (Å²) in [5.74, 6) is -1.38. The number of hydrogen-bond donors (Lipinski definition) is 1. The fraction of sp³-hybridized carbons (Fsp3) is 0.500. The molecular weight excluding hydrogens is 464 g/mol. The molecule has 35 heavy (non-hydrogen) atoms. The Morgan fingerprint density at radius 3 is 2.37 bits per heavy atom. The maximum atomic E-state index is 14.5. The number of amides is 1. The van der Waals surface area contributed by atoms with Crippen LogP contribution >= 0.6 is 0 Å². The average molecular weight is 495 g/mol. The molecule has 0 aromatic heterocycles. The molecule has 2 aliphatic rings. The van der Waals surface area contributed by atoms with Gasteiger partial charge in [0, 0.05) is 37.3 Å². The monoisotopic (exact) mass is 494 g/mol. The van der Waals surface area contributed by atoms with Crippen molar-refractivity contribution in [3.63, 3.8) is 0 Å². The van der Waals surface area contributed by atoms with Crippen molar-refractivity contribution in [2.45, 2.75) is 50.4 Å². The van der Waals surface area contributed by atoms with Gasteiger partial charge in [-0.2, -0.15) is 0 Å². The number of ether oxygens (including phenoxy) is 1. The molecule has 1 unspecified atom stereocenters. The van der Waals surface area contributed by atoms with Crippen LogP contribution in [0.5, 0.6) is 0 Å². The lowest BCUT2D eigenvalue weighted by Crippen LogP contribution is -2.58. The number of piperidine rings is 1. The molecule has 5 nitrogen and oxygen atoms in total. The molecule has 2 aromatic rings. The number of benzene rings is 2. The van der Waals surface area contributed by atoms with Crippen LogP contribution in [0.1, 0.15) is 54.3 Å². The summed E-state index contributed by atoms with van der Waals surface area (Å²) in [6, 6.07) is 9.88. The van der Waals surface area contributed by atoms with Crippen LogP contribution in [0.4, 0.5) is 17.6 Å². The number of carbonyl (C=O) groups excluding carboxylic acids is 1. The van der Waals surface area contributed by atoms with Gasteiger partial charge in [-0.05, 0) is 56.5 Å². The Labute approximate surface area is 202 Å². The van der Waals surface area contributed by atoms with E-state index in [1.807, 2.05) is 0 Å². The molecule has 2 saturated heterocycles. The molecule has 2 heterocycles. The third-order valence-electron chi connectivity index (χ3n) is 6.80. The lowest BCUT2D eigenvalue weighted by atomic mass is 9.87. The number of morpholine rings is 1. The van der Waals surface area contributed by atoms with Crippen molar-refractivity contribution >= 4 is 5.91 Å². The highest BCUT2D eigenvalue weighted by atomic mass is 19.3. The predicted octanol–water partition coefficient (Wildman–Crippen LogP) is 4.51. The van der Waals surface area contributed by atoms with Crippen molar-refractivity contribution in [3.05, 3.63) is 70.8 Å². The van der Waals surface area contributed by atoms with E-state index in [1.54, 1.807) is 21.9 Å². The Balaban J connectivity index is 1.48. The largest absolute Gasteiger partial charge is 0.386 e. The topological polar surface area (TPSA) is 53.0 Å². The van der Waals surface area contributed by atoms with E-state index in [0.29, 0.717) is 38.0 Å². The molecule has 1 spiro atoms. The first kappa shape index (κ1) is 25.6. The number of rotatable bonds is 5. The summed E-state index contributed by atoms with van der Waals surface area (Å²) in [6.07, 6.45) is -2.13. The number of carbonyl (C=O) groups is 1. The van der Waals surface area contributed by atoms with Crippen molar-refractivity contribution in [2.24, 2.45) is 0 Å². The number of hydrogen-bond acceptors (Lipinski definition) is 4. The van der Waals surface area contributed by atoms with Crippen LogP contribution in [0.3, 0.4) is 0 Å². The second-order valence-electron chi connectivity index (χ2n) is 9.97. The van der Waals surface area contributed by atoms with Crippen LogP contribution in [-0.2, 0) is 10.3 Å². The van der Waals surface area contributed by atoms with Gasteiger partial charge in [0.25, 0.3) is 12.3 Å². The van der Waals surface area contributed by atoms with E-state index in [0.717, 1.165) is 6.07 Å². The van der Waals surface area contributed by atoms with E-state index in [4.69, 9.17) is 4.74 Å². The van der Waals surface area contributed by atoms with Crippen molar-refractivity contribution in [1.82, 2.24) is 9.80 Å². The SMILES string of the molecule is CC(C)(O)c1ccc(C(=O)N2CCC3(CC2)CN(CC(F)F)CC(c2ccc(F)cc2)O3)cc1F. The molecule has 1 atom stereocenters. The van der Waals surface area contributed by atoms with Gasteiger partial charge < -0.3 is 14.7 Å². The van der Waals surface area contributed by atoms with Crippen molar-refractivity contribution in [2.75, 3.05) is 32.7 Å². The van der Waals surface area contributed by atoms with Crippen molar-refractivity contribution in [3.8, 4) is 0 Å². The molecule has 9 heteroatoms. The Kier molecular flexibility index (Phi) is 7.22. The molecule has 1 N–H and O–H groups in total. The quantitative estimate of drug-likeness (QED) is 0.622. The number of halogens is 4. The van der Waals surface area contributed by atoms with Gasteiger partial charge >= 0.3 is 0 Å². The maximum absolute atomic E-state index is 14.5. The summed E-state index contributed by atoms with van der Waals surface area (Å²) in [5, 5.41) is 10.1. The van der Waals surface area contributed by atoms with Gasteiger partial charge in [0.2, 0.25) is 0 Å². The molecule has 0 bridgehead atoms. The molecule has 0 radical (unpaired) electrons. The van der Waals surface area contributed by atoms with Gasteiger partial charge in [0.05, 0.1) is 23.9 Å². The highest BCUT2D eigenvalue weighted by Crippen LogP contribution is 2.38. The molecular formula is C26H30F4N2O3. The average Bonchev–Trinajstić information content (AvgIpc) is 2.78. The highest BCUT2D eigenvalue weighted by Gasteiger charge is 2.44. The summed E-state index contributed by atoms with van der Waals surface area (Å²) in [4.78, 5) is 16.3. The van der Waals surface area contributed by atoms with Gasteiger partial charge in [-0.15, -0.1) is 0 Å². The molecule has 0 aliphatic carbocycles. The van der Waals surface area contributed by atoms with Gasteiger partial charge in [0.15, 0.2) is 0 Å². The van der Waals surface area contributed by atoms with Crippen LogP contribution in [0.15, 0.2) is 42.5 Å². The molecule has 2 aromatic carbocycles. The Morgan fingerprint density at radius 1 is 1.14 bits per heavy atom. The lowest BCUT2D eigenvalue weighted by molar-refractivity contribution is -0.180. The smallest absolute Gasteiger partial charge is 0.253 e. The fourth-order valence-corrected chi connectivity index (χ4v) is 4.99. The minimum atomic E-state index is -2.50. The van der Waals surface area contributed by atoms with Gasteiger partial charge in [0.1, 0.15) is 11.6 Å². The van der Waals surface area contributed by atoms with E-state index in [-0.39, 0.29) is 29.4 Å². The van der Waals surface area contributed by atoms with E-state index in [2.05, 4.69) is 0 Å². The van der Waals surface area contributed by atoms with Crippen molar-refractivity contribution < 1.29 is 32.2 Å². The Hall–Kier alpha value is -2.49. The van der Waals surface area contributed by atoms with Crippen LogP contribution in [0, 0.1) is 11.6 Å². The number of alkyl halides is 2. The predicted molar refractivity (Wildman–Crippen MR) is 122 cm³/mol. The number of nitrogens with zero attached hydrogens (tertiary/aromatic N) is 2. The number of aliphatic hydroxyl groups is 1. The second kappa shape index (κ2) is 9.87. The van der Waals surface area contributed by atoms with Crippen LogP contribution < -0.4 is 0 Å². The first-order valence-corrected chi connectivity index (χ1v) is 11.7. The summed E-state index contributed by atoms with van der Waals surface area (Å²) in [6.45, 7) is 3.78. The molecule has 4 rings (SSSR count). The lowest BCUT2D eigenvalue weighted by Gasteiger charge is -2.50. The maximum Gasteiger partial charge on any atom is 0.253 e. The normalized spacial score (nSPS) is 21.0. The standard InChI is InChI=1S/C26H30F4N2O3/c1-25(2,34)20-8-5-18(13-21(20)28)24(33)32-11-9-26(10-12-32)16-31(15-23(29)30)14-22(35-26)17-3-6-19(27)7-4-17/h3-8,13,22-23,34H,9-12,14-16H2,1-2H3. The first-order valence-electron chi connectivity index (χ1n) is 11.7. The molecule has 2 fully saturated rings. The van der Waals surface area contributed by atoms with Gasteiger partial charge in [-0.25, -0.2) is 17.6 Å². The molecule has 0 saturated carbocycles. The van der Waals surface area contributed by atoms with Gasteiger partial charge in [-0.1, -0.05) is 18.2 Å². The first-order chi connectivity index (χ1) is 16.5. The molecule has 2 aliphatic heterocycles. The third kappa shape index (κ3) is 5.85. The molecule has 1 amide bonds. The Morgan fingerprint density at radius 2 is 1.80 bits per heavy atom. The highest BCUT2D eigenvalue weighted by molar-refractivity contribution is 5.94. The summed E-state index contributed by atoms with van der Waals surface area (Å²) < 4.78 is 60.7. The van der Waals surface area contributed by atoms with E-state index in [1.165, 1.54) is 38.1 Å². The zero-order valence-corrected chi connectivity index (χ0v) is 19.8. The summed E-state index contributed by atoms with van der Waals surface area (Å²) >= 11 is 0. The third-order valence-corrected chi connectivity index (χ3v) is 6.80. The van der Waals surface area contributed by atoms with Gasteiger partial charge in [-0.3, -0.25) is 9.69 Å². The Bertz CT molecular complexity index is 1050. The van der Waals surface area contributed by atoms with Crippen LogP contribution in [0.25, 0.3) is 0 Å². The van der Waals surface area contributed by atoms with E-state index < -0.39 is 36.1 Å². The van der Waals surface area contributed by atoms with E-state index in [9.17, 15) is 27.5 Å². The summed E-state index contributed by atoms with van der Waals surface area (Å²) in [7, 11) is 0. The van der Waals surface area contributed by atoms with Crippen molar-refractivity contribution in [1.29, 1.82) is 0 Å². The zero-order chi connectivity index (χ0) is 25.4. The fourth-order valence-electron chi connectivity index (χ4n) is 4.99. The van der Waals surface area contributed by atoms with E-state index >= 15 is 0 Å².